The van der Waals surface area contributed by atoms with Gasteiger partial charge in [-0.05, 0) is 31.4 Å². The van der Waals surface area contributed by atoms with E-state index in [0.717, 1.165) is 12.8 Å². The number of aryl methyl sites for hydroxylation is 1. The van der Waals surface area contributed by atoms with Crippen molar-refractivity contribution in [2.75, 3.05) is 18.5 Å². The average molecular weight is 330 g/mol. The van der Waals surface area contributed by atoms with E-state index in [-0.39, 0.29) is 17.0 Å². The van der Waals surface area contributed by atoms with Gasteiger partial charge in [-0.1, -0.05) is 28.1 Å². The molecule has 1 aromatic carbocycles. The van der Waals surface area contributed by atoms with E-state index in [1.165, 1.54) is 6.07 Å². The Morgan fingerprint density at radius 1 is 1.47 bits per heavy atom. The quantitative estimate of drug-likeness (QED) is 0.866. The highest BCUT2D eigenvalue weighted by Gasteiger charge is 2.33. The van der Waals surface area contributed by atoms with Crippen LogP contribution in [0, 0.1) is 12.7 Å². The fraction of sp³-hybridized carbons (Fsp3) is 0.500. The van der Waals surface area contributed by atoms with Gasteiger partial charge in [0.05, 0.1) is 11.1 Å². The van der Waals surface area contributed by atoms with Gasteiger partial charge in [-0.25, -0.2) is 4.39 Å². The van der Waals surface area contributed by atoms with Crippen LogP contribution in [0.3, 0.4) is 0 Å². The number of amides is 1. The van der Waals surface area contributed by atoms with Crippen LogP contribution in [-0.2, 0) is 4.74 Å². The van der Waals surface area contributed by atoms with Crippen molar-refractivity contribution in [3.8, 4) is 0 Å². The number of halogens is 2. The minimum Gasteiger partial charge on any atom is -0.381 e. The zero-order chi connectivity index (χ0) is 13.9. The first-order chi connectivity index (χ1) is 9.08. The molecule has 1 fully saturated rings. The number of carbonyl (C=O) groups excluding carboxylic acids is 1. The number of ether oxygens (including phenoxy) is 1. The van der Waals surface area contributed by atoms with Crippen LogP contribution in [0.2, 0.25) is 0 Å². The Bertz CT molecular complexity index is 473. The van der Waals surface area contributed by atoms with Crippen LogP contribution < -0.4 is 5.32 Å². The van der Waals surface area contributed by atoms with Gasteiger partial charge >= 0.3 is 0 Å². The minimum atomic E-state index is -0.447. The van der Waals surface area contributed by atoms with Gasteiger partial charge in [0.2, 0.25) is 0 Å². The summed E-state index contributed by atoms with van der Waals surface area (Å²) < 4.78 is 19.2. The molecule has 1 aromatic rings. The van der Waals surface area contributed by atoms with Crippen molar-refractivity contribution in [3.63, 3.8) is 0 Å². The van der Waals surface area contributed by atoms with E-state index in [2.05, 4.69) is 21.2 Å². The van der Waals surface area contributed by atoms with Crippen molar-refractivity contribution in [2.45, 2.75) is 25.3 Å². The SMILES string of the molecule is Cc1cccc(C(=O)NC2(CBr)CCOCC2)c1F. The van der Waals surface area contributed by atoms with Gasteiger partial charge in [0, 0.05) is 18.5 Å². The normalized spacial score (nSPS) is 18.1. The third-order valence-corrected chi connectivity index (χ3v) is 4.59. The molecule has 0 unspecified atom stereocenters. The van der Waals surface area contributed by atoms with Gasteiger partial charge in [-0.3, -0.25) is 4.79 Å². The summed E-state index contributed by atoms with van der Waals surface area (Å²) in [5, 5.41) is 3.60. The highest BCUT2D eigenvalue weighted by molar-refractivity contribution is 9.09. The van der Waals surface area contributed by atoms with Crippen molar-refractivity contribution in [1.82, 2.24) is 5.32 Å². The largest absolute Gasteiger partial charge is 0.381 e. The number of hydrogen-bond donors (Lipinski definition) is 1. The molecule has 1 saturated heterocycles. The van der Waals surface area contributed by atoms with Crippen LogP contribution in [0.1, 0.15) is 28.8 Å². The van der Waals surface area contributed by atoms with Crippen molar-refractivity contribution in [2.24, 2.45) is 0 Å². The maximum atomic E-state index is 13.9. The Kier molecular flexibility index (Phi) is 4.58. The molecule has 0 spiro atoms. The average Bonchev–Trinajstić information content (AvgIpc) is 2.42. The lowest BCUT2D eigenvalue weighted by Crippen LogP contribution is -2.53. The van der Waals surface area contributed by atoms with Crippen LogP contribution in [0.5, 0.6) is 0 Å². The number of rotatable bonds is 3. The Morgan fingerprint density at radius 3 is 2.79 bits per heavy atom. The molecule has 1 amide bonds. The van der Waals surface area contributed by atoms with Gasteiger partial charge in [0.1, 0.15) is 5.82 Å². The first-order valence-corrected chi connectivity index (χ1v) is 7.41. The highest BCUT2D eigenvalue weighted by atomic mass is 79.9. The summed E-state index contributed by atoms with van der Waals surface area (Å²) in [5.41, 5.74) is 0.241. The van der Waals surface area contributed by atoms with Crippen molar-refractivity contribution < 1.29 is 13.9 Å². The Hall–Kier alpha value is -0.940. The smallest absolute Gasteiger partial charge is 0.254 e. The molecule has 1 N–H and O–H groups in total. The lowest BCUT2D eigenvalue weighted by Gasteiger charge is -2.36. The van der Waals surface area contributed by atoms with Crippen molar-refractivity contribution in [3.05, 3.63) is 35.1 Å². The standard InChI is InChI=1S/C14H17BrFNO2/c1-10-3-2-4-11(12(10)16)13(18)17-14(9-15)5-7-19-8-6-14/h2-4H,5-9H2,1H3,(H,17,18). The molecule has 104 valence electrons. The van der Waals surface area contributed by atoms with Crippen molar-refractivity contribution >= 4 is 21.8 Å². The zero-order valence-electron chi connectivity index (χ0n) is 10.8. The molecule has 0 aromatic heterocycles. The Labute approximate surface area is 120 Å². The monoisotopic (exact) mass is 329 g/mol. The second kappa shape index (κ2) is 6.01. The predicted octanol–water partition coefficient (Wildman–Crippen LogP) is 2.81. The molecule has 5 heteroatoms. The first kappa shape index (κ1) is 14.5. The van der Waals surface area contributed by atoms with Crippen LogP contribution in [0.25, 0.3) is 0 Å². The highest BCUT2D eigenvalue weighted by Crippen LogP contribution is 2.24. The maximum Gasteiger partial charge on any atom is 0.254 e. The van der Waals surface area contributed by atoms with Gasteiger partial charge in [-0.2, -0.15) is 0 Å². The second-order valence-corrected chi connectivity index (χ2v) is 5.48. The fourth-order valence-electron chi connectivity index (χ4n) is 2.19. The molecule has 0 radical (unpaired) electrons. The summed E-state index contributed by atoms with van der Waals surface area (Å²) in [7, 11) is 0. The van der Waals surface area contributed by atoms with Gasteiger partial charge in [0.15, 0.2) is 0 Å². The second-order valence-electron chi connectivity index (χ2n) is 4.92. The number of hydrogen-bond acceptors (Lipinski definition) is 2. The third kappa shape index (κ3) is 3.15. The van der Waals surface area contributed by atoms with Crippen LogP contribution in [0.4, 0.5) is 4.39 Å². The molecule has 1 aliphatic heterocycles. The topological polar surface area (TPSA) is 38.3 Å². The summed E-state index contributed by atoms with van der Waals surface area (Å²) in [6.45, 7) is 2.88. The van der Waals surface area contributed by atoms with Gasteiger partial charge in [-0.15, -0.1) is 0 Å². The number of benzene rings is 1. The molecule has 19 heavy (non-hydrogen) atoms. The molecule has 0 aliphatic carbocycles. The van der Waals surface area contributed by atoms with E-state index in [4.69, 9.17) is 4.74 Å². The predicted molar refractivity (Wildman–Crippen MR) is 75.2 cm³/mol. The maximum absolute atomic E-state index is 13.9. The van der Waals surface area contributed by atoms with E-state index in [1.807, 2.05) is 0 Å². The summed E-state index contributed by atoms with van der Waals surface area (Å²) in [6, 6.07) is 4.86. The van der Waals surface area contributed by atoms with E-state index in [9.17, 15) is 9.18 Å². The summed E-state index contributed by atoms with van der Waals surface area (Å²) in [4.78, 5) is 12.2. The van der Waals surface area contributed by atoms with E-state index < -0.39 is 5.82 Å². The fourth-order valence-corrected chi connectivity index (χ4v) is 2.89. The molecule has 0 bridgehead atoms. The zero-order valence-corrected chi connectivity index (χ0v) is 12.4. The molecule has 2 rings (SSSR count). The van der Waals surface area contributed by atoms with Gasteiger partial charge < -0.3 is 10.1 Å². The van der Waals surface area contributed by atoms with E-state index in [1.54, 1.807) is 19.1 Å². The number of carbonyl (C=O) groups is 1. The first-order valence-electron chi connectivity index (χ1n) is 6.29. The molecule has 3 nitrogen and oxygen atoms in total. The Balaban J connectivity index is 2.17. The lowest BCUT2D eigenvalue weighted by molar-refractivity contribution is 0.0440. The van der Waals surface area contributed by atoms with Gasteiger partial charge in [0.25, 0.3) is 5.91 Å². The van der Waals surface area contributed by atoms with Crippen LogP contribution in [0.15, 0.2) is 18.2 Å². The molecule has 0 atom stereocenters. The molecular formula is C14H17BrFNO2. The summed E-state index contributed by atoms with van der Waals surface area (Å²) in [5.74, 6) is -0.806. The van der Waals surface area contributed by atoms with E-state index in [0.29, 0.717) is 24.1 Å². The summed E-state index contributed by atoms with van der Waals surface area (Å²) >= 11 is 3.44. The molecular weight excluding hydrogens is 313 g/mol. The molecule has 0 saturated carbocycles. The van der Waals surface area contributed by atoms with E-state index >= 15 is 0 Å². The minimum absolute atomic E-state index is 0.104. The van der Waals surface area contributed by atoms with Crippen molar-refractivity contribution in [1.29, 1.82) is 0 Å². The third-order valence-electron chi connectivity index (χ3n) is 3.52. The van der Waals surface area contributed by atoms with Crippen LogP contribution >= 0.6 is 15.9 Å². The number of alkyl halides is 1. The molecule has 1 heterocycles. The number of nitrogens with one attached hydrogen (secondary N) is 1. The van der Waals surface area contributed by atoms with Crippen LogP contribution in [-0.4, -0.2) is 30.0 Å². The Morgan fingerprint density at radius 2 is 2.16 bits per heavy atom. The molecule has 1 aliphatic rings. The lowest BCUT2D eigenvalue weighted by atomic mass is 9.92. The summed E-state index contributed by atoms with van der Waals surface area (Å²) in [6.07, 6.45) is 1.47.